The van der Waals surface area contributed by atoms with E-state index in [0.29, 0.717) is 29.8 Å². The molecule has 0 aromatic heterocycles. The first kappa shape index (κ1) is 21.8. The number of allylic oxidation sites excluding steroid dienone is 1. The van der Waals surface area contributed by atoms with Gasteiger partial charge in [-0.3, -0.25) is 0 Å². The third kappa shape index (κ3) is 5.61. The molecular weight excluding hydrogens is 384 g/mol. The highest BCUT2D eigenvalue weighted by atomic mass is 19.3. The number of ether oxygens (including phenoxy) is 1. The van der Waals surface area contributed by atoms with Crippen molar-refractivity contribution in [3.8, 4) is 5.75 Å². The van der Waals surface area contributed by atoms with E-state index < -0.39 is 11.8 Å². The monoisotopic (exact) mass is 412 g/mol. The molecule has 2 aliphatic rings. The van der Waals surface area contributed by atoms with Gasteiger partial charge in [0.2, 0.25) is 0 Å². The molecule has 0 spiro atoms. The zero-order valence-electron chi connectivity index (χ0n) is 16.8. The molecule has 0 atom stereocenters. The van der Waals surface area contributed by atoms with Crippen LogP contribution in [0.2, 0.25) is 0 Å². The van der Waals surface area contributed by atoms with Crippen molar-refractivity contribution in [2.45, 2.75) is 76.6 Å². The van der Waals surface area contributed by atoms with Crippen molar-refractivity contribution in [2.24, 2.45) is 5.92 Å². The molecule has 1 fully saturated rings. The average Bonchev–Trinajstić information content (AvgIpc) is 3.18. The third-order valence-electron chi connectivity index (χ3n) is 6.03. The number of hydrogen-bond donors (Lipinski definition) is 0. The zero-order valence-corrected chi connectivity index (χ0v) is 16.8. The molecule has 2 aliphatic carbocycles. The maximum atomic E-state index is 14.0. The molecule has 3 rings (SSSR count). The topological polar surface area (TPSA) is 26.3 Å². The van der Waals surface area contributed by atoms with Crippen molar-refractivity contribution in [3.63, 3.8) is 0 Å². The van der Waals surface area contributed by atoms with E-state index in [1.807, 2.05) is 0 Å². The molecule has 0 bridgehead atoms. The number of hydrogen-bond acceptors (Lipinski definition) is 2. The molecule has 6 heteroatoms. The van der Waals surface area contributed by atoms with E-state index in [9.17, 15) is 22.4 Å². The van der Waals surface area contributed by atoms with Crippen LogP contribution in [0.5, 0.6) is 5.75 Å². The van der Waals surface area contributed by atoms with Gasteiger partial charge in [0.1, 0.15) is 18.6 Å². The summed E-state index contributed by atoms with van der Waals surface area (Å²) >= 11 is 0. The Hall–Kier alpha value is -1.85. The Kier molecular flexibility index (Phi) is 6.69. The average molecular weight is 412 g/mol. The molecule has 0 N–H and O–H groups in total. The Labute approximate surface area is 169 Å². The molecule has 0 heterocycles. The molecule has 1 aromatic carbocycles. The minimum atomic E-state index is -3.08. The normalized spacial score (nSPS) is 20.2. The molecule has 0 saturated heterocycles. The lowest BCUT2D eigenvalue weighted by Gasteiger charge is -2.30. The molecule has 1 saturated carbocycles. The van der Waals surface area contributed by atoms with Crippen LogP contribution in [0, 0.1) is 5.92 Å². The summed E-state index contributed by atoms with van der Waals surface area (Å²) in [4.78, 5) is 10.6. The van der Waals surface area contributed by atoms with Crippen LogP contribution in [0.4, 0.5) is 17.6 Å². The largest absolute Gasteiger partial charge is 0.489 e. The maximum Gasteiger partial charge on any atom is 0.270 e. The molecule has 2 nitrogen and oxygen atoms in total. The maximum absolute atomic E-state index is 14.0. The number of alkyl halides is 4. The van der Waals surface area contributed by atoms with Crippen LogP contribution < -0.4 is 4.74 Å². The Morgan fingerprint density at radius 2 is 1.97 bits per heavy atom. The summed E-state index contributed by atoms with van der Waals surface area (Å²) in [5.74, 6) is -5.22. The number of halogens is 4. The number of benzene rings is 1. The van der Waals surface area contributed by atoms with Crippen LogP contribution in [0.25, 0.3) is 0 Å². The van der Waals surface area contributed by atoms with E-state index >= 15 is 0 Å². The predicted octanol–water partition coefficient (Wildman–Crippen LogP) is 6.61. The van der Waals surface area contributed by atoms with Crippen molar-refractivity contribution < 1.29 is 27.1 Å². The van der Waals surface area contributed by atoms with Gasteiger partial charge < -0.3 is 9.53 Å². The van der Waals surface area contributed by atoms with Gasteiger partial charge in [0.05, 0.1) is 0 Å². The molecule has 0 aliphatic heterocycles. The molecule has 160 valence electrons. The van der Waals surface area contributed by atoms with Gasteiger partial charge >= 0.3 is 0 Å². The molecule has 0 radical (unpaired) electrons. The van der Waals surface area contributed by atoms with Crippen molar-refractivity contribution in [1.82, 2.24) is 0 Å². The summed E-state index contributed by atoms with van der Waals surface area (Å²) in [5, 5.41) is 0. The fraction of sp³-hybridized carbons (Fsp3) is 0.609. The van der Waals surface area contributed by atoms with Gasteiger partial charge in [-0.1, -0.05) is 24.5 Å². The van der Waals surface area contributed by atoms with Gasteiger partial charge in [-0.05, 0) is 54.9 Å². The van der Waals surface area contributed by atoms with Crippen molar-refractivity contribution in [1.29, 1.82) is 0 Å². The third-order valence-corrected chi connectivity index (χ3v) is 6.03. The van der Waals surface area contributed by atoms with E-state index in [1.54, 1.807) is 6.07 Å². The summed E-state index contributed by atoms with van der Waals surface area (Å²) in [6, 6.07) is 4.39. The van der Waals surface area contributed by atoms with Crippen LogP contribution >= 0.6 is 0 Å². The molecule has 1 aromatic rings. The summed E-state index contributed by atoms with van der Waals surface area (Å²) < 4.78 is 61.8. The SMILES string of the molecule is CC(F)(F)c1cc(OCC2=C(C3CCCC3)CCC(F)(F)C2)ccc1CCC=O. The highest BCUT2D eigenvalue weighted by Gasteiger charge is 2.38. The van der Waals surface area contributed by atoms with Gasteiger partial charge in [-0.2, -0.15) is 0 Å². The summed E-state index contributed by atoms with van der Waals surface area (Å²) in [6.07, 6.45) is 5.34. The van der Waals surface area contributed by atoms with Crippen molar-refractivity contribution in [2.75, 3.05) is 6.61 Å². The van der Waals surface area contributed by atoms with Crippen LogP contribution in [0.15, 0.2) is 29.3 Å². The first-order chi connectivity index (χ1) is 13.7. The molecular formula is C23H28F4O2. The number of carbonyl (C=O) groups is 1. The van der Waals surface area contributed by atoms with Crippen LogP contribution in [0.1, 0.15) is 69.4 Å². The summed E-state index contributed by atoms with van der Waals surface area (Å²) in [7, 11) is 0. The number of aryl methyl sites for hydroxylation is 1. The van der Waals surface area contributed by atoms with Gasteiger partial charge in [0.25, 0.3) is 11.8 Å². The molecule has 0 amide bonds. The molecule has 0 unspecified atom stereocenters. The van der Waals surface area contributed by atoms with Crippen LogP contribution in [-0.4, -0.2) is 18.8 Å². The van der Waals surface area contributed by atoms with E-state index in [1.165, 1.54) is 12.1 Å². The number of carbonyl (C=O) groups excluding carboxylic acids is 1. The Balaban J connectivity index is 1.80. The van der Waals surface area contributed by atoms with Crippen LogP contribution in [-0.2, 0) is 17.1 Å². The minimum absolute atomic E-state index is 0.00380. The predicted molar refractivity (Wildman–Crippen MR) is 104 cm³/mol. The highest BCUT2D eigenvalue weighted by molar-refractivity contribution is 5.51. The first-order valence-electron chi connectivity index (χ1n) is 10.4. The fourth-order valence-electron chi connectivity index (χ4n) is 4.58. The van der Waals surface area contributed by atoms with Crippen molar-refractivity contribution >= 4 is 6.29 Å². The standard InChI is InChI=1S/C23H28F4O2/c1-22(24,25)21-13-19(9-8-17(21)7-4-12-28)29-15-18-14-23(26,27)11-10-20(18)16-5-2-3-6-16/h8-9,12-13,16H,2-7,10-11,14-15H2,1H3. The summed E-state index contributed by atoms with van der Waals surface area (Å²) in [5.41, 5.74) is 1.93. The first-order valence-corrected chi connectivity index (χ1v) is 10.4. The van der Waals surface area contributed by atoms with Gasteiger partial charge in [-0.25, -0.2) is 17.6 Å². The number of aldehydes is 1. The molecule has 29 heavy (non-hydrogen) atoms. The Morgan fingerprint density at radius 3 is 2.62 bits per heavy atom. The van der Waals surface area contributed by atoms with Gasteiger partial charge in [-0.15, -0.1) is 0 Å². The van der Waals surface area contributed by atoms with E-state index in [2.05, 4.69) is 0 Å². The van der Waals surface area contributed by atoms with E-state index in [-0.39, 0.29) is 43.6 Å². The fourth-order valence-corrected chi connectivity index (χ4v) is 4.58. The smallest absolute Gasteiger partial charge is 0.270 e. The zero-order chi connectivity index (χ0) is 21.1. The van der Waals surface area contributed by atoms with E-state index in [4.69, 9.17) is 4.74 Å². The lowest BCUT2D eigenvalue weighted by atomic mass is 9.81. The quantitative estimate of drug-likeness (QED) is 0.273. The second-order valence-corrected chi connectivity index (χ2v) is 8.34. The lowest BCUT2D eigenvalue weighted by molar-refractivity contribution is -0.107. The van der Waals surface area contributed by atoms with Crippen molar-refractivity contribution in [3.05, 3.63) is 40.5 Å². The second kappa shape index (κ2) is 8.88. The number of rotatable bonds is 8. The lowest BCUT2D eigenvalue weighted by Crippen LogP contribution is -2.26. The highest BCUT2D eigenvalue weighted by Crippen LogP contribution is 2.44. The van der Waals surface area contributed by atoms with Gasteiger partial charge in [0.15, 0.2) is 0 Å². The second-order valence-electron chi connectivity index (χ2n) is 8.34. The Bertz CT molecular complexity index is 759. The Morgan fingerprint density at radius 1 is 1.24 bits per heavy atom. The minimum Gasteiger partial charge on any atom is -0.489 e. The van der Waals surface area contributed by atoms with E-state index in [0.717, 1.165) is 38.2 Å². The van der Waals surface area contributed by atoms with Gasteiger partial charge in [0, 0.05) is 31.7 Å². The van der Waals surface area contributed by atoms with Crippen LogP contribution in [0.3, 0.4) is 0 Å². The summed E-state index contributed by atoms with van der Waals surface area (Å²) in [6.45, 7) is 0.808.